The van der Waals surface area contributed by atoms with Gasteiger partial charge in [0.05, 0.1) is 14.2 Å². The maximum atomic E-state index is 13.1. The quantitative estimate of drug-likeness (QED) is 0.459. The van der Waals surface area contributed by atoms with E-state index in [0.717, 1.165) is 24.0 Å². The number of aryl methyl sites for hydroxylation is 1. The molecule has 34 heavy (non-hydrogen) atoms. The highest BCUT2D eigenvalue weighted by atomic mass is 16.5. The Bertz CT molecular complexity index is 1160. The topological polar surface area (TPSA) is 85.9 Å². The summed E-state index contributed by atoms with van der Waals surface area (Å²) in [6.07, 6.45) is 1.85. The van der Waals surface area contributed by atoms with Gasteiger partial charge >= 0.3 is 0 Å². The van der Waals surface area contributed by atoms with Gasteiger partial charge in [0.1, 0.15) is 6.61 Å². The molecular formula is C27H28N2O5. The number of rotatable bonds is 9. The van der Waals surface area contributed by atoms with E-state index in [0.29, 0.717) is 40.8 Å². The maximum absolute atomic E-state index is 13.1. The minimum atomic E-state index is -0.333. The fraction of sp³-hybridized carbons (Fsp3) is 0.259. The van der Waals surface area contributed by atoms with E-state index in [1.807, 2.05) is 49.4 Å². The summed E-state index contributed by atoms with van der Waals surface area (Å²) in [5.74, 6) is 0.986. The molecule has 0 radical (unpaired) electrons. The van der Waals surface area contributed by atoms with E-state index in [1.165, 1.54) is 14.2 Å². The molecule has 1 saturated carbocycles. The predicted molar refractivity (Wildman–Crippen MR) is 131 cm³/mol. The van der Waals surface area contributed by atoms with E-state index >= 15 is 0 Å². The van der Waals surface area contributed by atoms with E-state index in [4.69, 9.17) is 14.2 Å². The molecule has 1 fully saturated rings. The number of hydrogen-bond acceptors (Lipinski definition) is 5. The number of methoxy groups -OCH3 is 2. The van der Waals surface area contributed by atoms with Crippen LogP contribution >= 0.6 is 0 Å². The maximum Gasteiger partial charge on any atom is 0.255 e. The number of amides is 2. The van der Waals surface area contributed by atoms with Gasteiger partial charge in [-0.15, -0.1) is 0 Å². The Morgan fingerprint density at radius 2 is 1.59 bits per heavy atom. The minimum absolute atomic E-state index is 0.0155. The SMILES string of the molecule is COc1cc(C(=O)Nc2cc(NC(=O)C3CC3)ccc2C)cc(OC)c1OCc1ccccc1. The van der Waals surface area contributed by atoms with Gasteiger partial charge in [0.15, 0.2) is 11.5 Å². The number of carbonyl (C=O) groups excluding carboxylic acids is 2. The third-order valence-corrected chi connectivity index (χ3v) is 5.65. The van der Waals surface area contributed by atoms with Crippen molar-refractivity contribution in [2.75, 3.05) is 24.9 Å². The average Bonchev–Trinajstić information content (AvgIpc) is 3.70. The average molecular weight is 461 g/mol. The molecule has 7 heteroatoms. The van der Waals surface area contributed by atoms with Crippen LogP contribution in [0.3, 0.4) is 0 Å². The van der Waals surface area contributed by atoms with Crippen molar-refractivity contribution >= 4 is 23.2 Å². The van der Waals surface area contributed by atoms with E-state index in [9.17, 15) is 9.59 Å². The van der Waals surface area contributed by atoms with Crippen LogP contribution in [0.5, 0.6) is 17.2 Å². The van der Waals surface area contributed by atoms with Crippen molar-refractivity contribution in [1.82, 2.24) is 0 Å². The van der Waals surface area contributed by atoms with Crippen molar-refractivity contribution in [2.24, 2.45) is 5.92 Å². The van der Waals surface area contributed by atoms with Gasteiger partial charge in [-0.1, -0.05) is 36.4 Å². The molecule has 0 heterocycles. The molecule has 2 amide bonds. The summed E-state index contributed by atoms with van der Waals surface area (Å²) < 4.78 is 17.0. The van der Waals surface area contributed by atoms with Crippen molar-refractivity contribution in [3.8, 4) is 17.2 Å². The van der Waals surface area contributed by atoms with Crippen molar-refractivity contribution in [3.63, 3.8) is 0 Å². The number of nitrogens with one attached hydrogen (secondary N) is 2. The zero-order chi connectivity index (χ0) is 24.1. The summed E-state index contributed by atoms with van der Waals surface area (Å²) in [5, 5.41) is 5.83. The lowest BCUT2D eigenvalue weighted by molar-refractivity contribution is -0.117. The fourth-order valence-corrected chi connectivity index (χ4v) is 3.50. The molecule has 176 valence electrons. The molecule has 0 aromatic heterocycles. The molecule has 0 saturated heterocycles. The number of anilines is 2. The molecule has 0 bridgehead atoms. The second-order valence-corrected chi connectivity index (χ2v) is 8.23. The molecule has 7 nitrogen and oxygen atoms in total. The lowest BCUT2D eigenvalue weighted by Gasteiger charge is -2.17. The van der Waals surface area contributed by atoms with Gasteiger partial charge in [0.2, 0.25) is 11.7 Å². The lowest BCUT2D eigenvalue weighted by atomic mass is 10.1. The lowest BCUT2D eigenvalue weighted by Crippen LogP contribution is -2.16. The van der Waals surface area contributed by atoms with Crippen molar-refractivity contribution in [2.45, 2.75) is 26.4 Å². The van der Waals surface area contributed by atoms with E-state index in [1.54, 1.807) is 18.2 Å². The van der Waals surface area contributed by atoms with Gasteiger partial charge in [-0.05, 0) is 55.2 Å². The zero-order valence-electron chi connectivity index (χ0n) is 19.5. The van der Waals surface area contributed by atoms with Crippen LogP contribution in [-0.2, 0) is 11.4 Å². The van der Waals surface area contributed by atoms with Gasteiger partial charge in [-0.25, -0.2) is 0 Å². The first-order valence-corrected chi connectivity index (χ1v) is 11.1. The van der Waals surface area contributed by atoms with Crippen LogP contribution in [0.25, 0.3) is 0 Å². The molecule has 0 spiro atoms. The largest absolute Gasteiger partial charge is 0.493 e. The van der Waals surface area contributed by atoms with E-state index < -0.39 is 0 Å². The van der Waals surface area contributed by atoms with Crippen LogP contribution in [-0.4, -0.2) is 26.0 Å². The normalized spacial score (nSPS) is 12.6. The van der Waals surface area contributed by atoms with E-state index in [2.05, 4.69) is 10.6 Å². The molecule has 0 aliphatic heterocycles. The highest BCUT2D eigenvalue weighted by molar-refractivity contribution is 6.06. The first-order chi connectivity index (χ1) is 16.5. The summed E-state index contributed by atoms with van der Waals surface area (Å²) in [6.45, 7) is 2.22. The number of hydrogen-bond donors (Lipinski definition) is 2. The van der Waals surface area contributed by atoms with Crippen LogP contribution in [0.1, 0.15) is 34.3 Å². The second kappa shape index (κ2) is 10.3. The first-order valence-electron chi connectivity index (χ1n) is 11.1. The smallest absolute Gasteiger partial charge is 0.255 e. The molecule has 3 aromatic carbocycles. The molecule has 0 unspecified atom stereocenters. The summed E-state index contributed by atoms with van der Waals surface area (Å²) >= 11 is 0. The highest BCUT2D eigenvalue weighted by Crippen LogP contribution is 2.39. The molecule has 1 aliphatic carbocycles. The van der Waals surface area contributed by atoms with Crippen LogP contribution in [0.4, 0.5) is 11.4 Å². The first kappa shape index (κ1) is 23.2. The Hall–Kier alpha value is -4.00. The molecule has 0 atom stereocenters. The van der Waals surface area contributed by atoms with Gasteiger partial charge in [-0.3, -0.25) is 9.59 Å². The molecule has 2 N–H and O–H groups in total. The van der Waals surface area contributed by atoms with Gasteiger partial charge < -0.3 is 24.8 Å². The molecule has 3 aromatic rings. The minimum Gasteiger partial charge on any atom is -0.493 e. The Labute approximate surface area is 199 Å². The van der Waals surface area contributed by atoms with Crippen LogP contribution < -0.4 is 24.8 Å². The number of carbonyl (C=O) groups is 2. The molecule has 1 aliphatic rings. The van der Waals surface area contributed by atoms with Crippen LogP contribution in [0.2, 0.25) is 0 Å². The number of benzene rings is 3. The third kappa shape index (κ3) is 5.49. The zero-order valence-corrected chi connectivity index (χ0v) is 19.5. The van der Waals surface area contributed by atoms with Gasteiger partial charge in [0, 0.05) is 22.9 Å². The van der Waals surface area contributed by atoms with Crippen LogP contribution in [0, 0.1) is 12.8 Å². The summed E-state index contributed by atoms with van der Waals surface area (Å²) in [4.78, 5) is 25.2. The standard InChI is InChI=1S/C27H28N2O5/c1-17-9-12-21(28-26(30)19-10-11-19)15-22(17)29-27(31)20-13-23(32-2)25(24(14-20)33-3)34-16-18-7-5-4-6-8-18/h4-9,12-15,19H,10-11,16H2,1-3H3,(H,28,30)(H,29,31). The Kier molecular flexibility index (Phi) is 7.01. The van der Waals surface area contributed by atoms with Crippen molar-refractivity contribution in [1.29, 1.82) is 0 Å². The molecule has 4 rings (SSSR count). The Morgan fingerprint density at radius 1 is 0.912 bits per heavy atom. The summed E-state index contributed by atoms with van der Waals surface area (Å²) in [7, 11) is 3.03. The highest BCUT2D eigenvalue weighted by Gasteiger charge is 2.29. The summed E-state index contributed by atoms with van der Waals surface area (Å²) in [6, 6.07) is 18.4. The van der Waals surface area contributed by atoms with Gasteiger partial charge in [0.25, 0.3) is 5.91 Å². The van der Waals surface area contributed by atoms with Crippen molar-refractivity contribution < 1.29 is 23.8 Å². The van der Waals surface area contributed by atoms with Crippen molar-refractivity contribution in [3.05, 3.63) is 77.4 Å². The second-order valence-electron chi connectivity index (χ2n) is 8.23. The molecular weight excluding hydrogens is 432 g/mol. The van der Waals surface area contributed by atoms with Gasteiger partial charge in [-0.2, -0.15) is 0 Å². The third-order valence-electron chi connectivity index (χ3n) is 5.65. The summed E-state index contributed by atoms with van der Waals surface area (Å²) in [5.41, 5.74) is 3.49. The number of ether oxygens (including phenoxy) is 3. The van der Waals surface area contributed by atoms with E-state index in [-0.39, 0.29) is 17.7 Å². The Balaban J connectivity index is 1.53. The van der Waals surface area contributed by atoms with Crippen LogP contribution in [0.15, 0.2) is 60.7 Å². The fourth-order valence-electron chi connectivity index (χ4n) is 3.50. The monoisotopic (exact) mass is 460 g/mol. The predicted octanol–water partition coefficient (Wildman–Crippen LogP) is 5.19. The Morgan fingerprint density at radius 3 is 2.21 bits per heavy atom.